The molecular weight excluding hydrogens is 417 g/mol. The Labute approximate surface area is 167 Å². The molecule has 1 aromatic heterocycles. The maximum atomic E-state index is 12.0. The van der Waals surface area contributed by atoms with Crippen LogP contribution in [0, 0.1) is 0 Å². The fourth-order valence-electron chi connectivity index (χ4n) is 2.61. The van der Waals surface area contributed by atoms with Gasteiger partial charge in [0.25, 0.3) is 5.60 Å². The predicted molar refractivity (Wildman–Crippen MR) is 87.6 cm³/mol. The van der Waals surface area contributed by atoms with Crippen molar-refractivity contribution < 1.29 is 60.3 Å². The molecule has 0 aliphatic carbocycles. The molecule has 2 rings (SSSR count). The van der Waals surface area contributed by atoms with E-state index >= 15 is 0 Å². The van der Waals surface area contributed by atoms with E-state index in [0.717, 1.165) is 10.8 Å². The van der Waals surface area contributed by atoms with E-state index in [1.54, 1.807) is 5.48 Å². The van der Waals surface area contributed by atoms with Crippen molar-refractivity contribution in [3.8, 4) is 0 Å². The molecule has 1 aliphatic rings. The van der Waals surface area contributed by atoms with Crippen molar-refractivity contribution in [1.29, 1.82) is 0 Å². The molecule has 2 heterocycles. The van der Waals surface area contributed by atoms with Crippen LogP contribution in [-0.2, 0) is 14.3 Å². The maximum absolute atomic E-state index is 12.0. The molecule has 0 aromatic carbocycles. The van der Waals surface area contributed by atoms with E-state index in [1.807, 2.05) is 0 Å². The summed E-state index contributed by atoms with van der Waals surface area (Å²) in [7, 11) is 4.63. The Balaban J connectivity index is 2.20. The van der Waals surface area contributed by atoms with Crippen molar-refractivity contribution in [3.05, 3.63) is 22.7 Å². The molecule has 1 aromatic rings. The first-order valence-electron chi connectivity index (χ1n) is 8.00. The summed E-state index contributed by atoms with van der Waals surface area (Å²) in [6, 6.07) is 1.18. The first-order valence-corrected chi connectivity index (χ1v) is 8.00. The largest absolute Gasteiger partial charge is 0.403 e. The van der Waals surface area contributed by atoms with Gasteiger partial charge in [-0.05, 0) is 18.9 Å². The zero-order valence-electron chi connectivity index (χ0n) is 14.9. The van der Waals surface area contributed by atoms with Gasteiger partial charge in [-0.2, -0.15) is 4.98 Å². The Morgan fingerprint density at radius 2 is 1.80 bits per heavy atom. The van der Waals surface area contributed by atoms with Crippen LogP contribution in [0.2, 0.25) is 0 Å². The number of aromatic nitrogens is 2. The molecular formula is C13H18BN3O13. The fraction of sp³-hybridized carbons (Fsp3) is 0.615. The van der Waals surface area contributed by atoms with Crippen molar-refractivity contribution in [2.75, 3.05) is 5.48 Å². The number of aliphatic hydroxyl groups is 8. The zero-order valence-corrected chi connectivity index (χ0v) is 14.9. The minimum absolute atomic E-state index is 0.0619. The molecule has 0 bridgehead atoms. The summed E-state index contributed by atoms with van der Waals surface area (Å²) in [5, 5.41) is 84.1. The van der Waals surface area contributed by atoms with E-state index in [2.05, 4.69) is 17.6 Å². The molecule has 10 N–H and O–H groups in total. The second-order valence-corrected chi connectivity index (χ2v) is 6.39. The lowest BCUT2D eigenvalue weighted by atomic mass is 9.76. The van der Waals surface area contributed by atoms with E-state index in [1.165, 1.54) is 6.07 Å². The van der Waals surface area contributed by atoms with Crippen molar-refractivity contribution in [2.45, 2.75) is 48.4 Å². The highest BCUT2D eigenvalue weighted by molar-refractivity contribution is 6.16. The topological polar surface area (TPSA) is 265 Å². The number of carbonyl (C=O) groups is 1. The molecule has 2 radical (unpaired) electrons. The number of esters is 1. The van der Waals surface area contributed by atoms with E-state index < -0.39 is 47.2 Å². The second-order valence-electron chi connectivity index (χ2n) is 6.39. The lowest BCUT2D eigenvalue weighted by Crippen LogP contribution is -2.74. The monoisotopic (exact) mass is 435 g/mol. The molecule has 166 valence electrons. The Kier molecular flexibility index (Phi) is 6.28. The molecule has 1 fully saturated rings. The number of hydrogen-bond donors (Lipinski definition) is 10. The fourth-order valence-corrected chi connectivity index (χ4v) is 2.61. The molecule has 0 saturated carbocycles. The van der Waals surface area contributed by atoms with Crippen LogP contribution < -0.4 is 11.2 Å². The van der Waals surface area contributed by atoms with Crippen molar-refractivity contribution in [3.63, 3.8) is 0 Å². The Morgan fingerprint density at radius 1 is 1.20 bits per heavy atom. The van der Waals surface area contributed by atoms with E-state index in [4.69, 9.17) is 25.3 Å². The standard InChI is InChI=1S/C13H18BN3O13/c14-12(23,24)10(20,13(25,26)27)8(18)30-11(21,22)5-1-2-7(29-5)17-4-3-6(16-28)15-9(17)19/h3-5,7,20-28H,1-2H2,(H,15,16,19). The van der Waals surface area contributed by atoms with Crippen molar-refractivity contribution in [1.82, 2.24) is 9.55 Å². The normalized spacial score (nSPS) is 22.4. The highest BCUT2D eigenvalue weighted by Crippen LogP contribution is 2.35. The van der Waals surface area contributed by atoms with Crippen molar-refractivity contribution >= 4 is 19.6 Å². The highest BCUT2D eigenvalue weighted by Gasteiger charge is 2.67. The quantitative estimate of drug-likeness (QED) is 0.0827. The third-order valence-corrected chi connectivity index (χ3v) is 4.23. The van der Waals surface area contributed by atoms with Crippen LogP contribution in [0.1, 0.15) is 19.1 Å². The van der Waals surface area contributed by atoms with Gasteiger partial charge in [0.05, 0.1) is 0 Å². The molecule has 1 saturated heterocycles. The second kappa shape index (κ2) is 7.82. The molecule has 3 unspecified atom stereocenters. The van der Waals surface area contributed by atoms with Gasteiger partial charge in [0.1, 0.15) is 6.23 Å². The van der Waals surface area contributed by atoms with Gasteiger partial charge in [0.2, 0.25) is 0 Å². The number of ether oxygens (including phenoxy) is 2. The Bertz CT molecular complexity index is 832. The van der Waals surface area contributed by atoms with Crippen molar-refractivity contribution in [2.24, 2.45) is 0 Å². The maximum Gasteiger partial charge on any atom is 0.356 e. The lowest BCUT2D eigenvalue weighted by Gasteiger charge is -2.41. The minimum atomic E-state index is -4.60. The first-order chi connectivity index (χ1) is 13.5. The van der Waals surface area contributed by atoms with Gasteiger partial charge in [-0.15, -0.1) is 0 Å². The number of nitrogens with zero attached hydrogens (tertiary/aromatic N) is 2. The average molecular weight is 435 g/mol. The average Bonchev–Trinajstić information content (AvgIpc) is 3.09. The number of nitrogens with one attached hydrogen (secondary N) is 1. The smallest absolute Gasteiger partial charge is 0.356 e. The number of carbonyl (C=O) groups excluding carboxylic acids is 1. The third kappa shape index (κ3) is 4.30. The minimum Gasteiger partial charge on any atom is -0.403 e. The van der Waals surface area contributed by atoms with Gasteiger partial charge >= 0.3 is 23.6 Å². The van der Waals surface area contributed by atoms with Gasteiger partial charge < -0.3 is 50.3 Å². The van der Waals surface area contributed by atoms with Gasteiger partial charge in [-0.1, -0.05) is 0 Å². The SMILES string of the molecule is [B]C(O)(O)C(O)(C(=O)OC(O)(O)C1CCC(n2ccc(NO)nc2=O)O1)C(O)(O)O. The van der Waals surface area contributed by atoms with E-state index in [9.17, 15) is 35.1 Å². The Hall–Kier alpha value is -2.19. The Morgan fingerprint density at radius 3 is 2.27 bits per heavy atom. The summed E-state index contributed by atoms with van der Waals surface area (Å²) in [6.07, 6.45) is -2.18. The molecule has 1 aliphatic heterocycles. The highest BCUT2D eigenvalue weighted by atomic mass is 16.8. The van der Waals surface area contributed by atoms with Crippen LogP contribution >= 0.6 is 0 Å². The molecule has 16 nitrogen and oxygen atoms in total. The summed E-state index contributed by atoms with van der Waals surface area (Å²) in [6.45, 7) is 0. The van der Waals surface area contributed by atoms with Crippen LogP contribution in [0.4, 0.5) is 5.82 Å². The lowest BCUT2D eigenvalue weighted by molar-refractivity contribution is -0.433. The molecule has 0 amide bonds. The molecule has 30 heavy (non-hydrogen) atoms. The van der Waals surface area contributed by atoms with Gasteiger partial charge in [-0.3, -0.25) is 15.3 Å². The summed E-state index contributed by atoms with van der Waals surface area (Å²) < 4.78 is 10.1. The molecule has 17 heteroatoms. The van der Waals surface area contributed by atoms with Crippen LogP contribution in [-0.4, -0.2) is 98.8 Å². The predicted octanol–water partition coefficient (Wildman–Crippen LogP) is -5.93. The first kappa shape index (κ1) is 24.1. The van der Waals surface area contributed by atoms with Gasteiger partial charge in [-0.25, -0.2) is 9.59 Å². The summed E-state index contributed by atoms with van der Waals surface area (Å²) in [4.78, 5) is 27.3. The van der Waals surface area contributed by atoms with Crippen LogP contribution in [0.15, 0.2) is 17.1 Å². The number of rotatable bonds is 7. The van der Waals surface area contributed by atoms with Crippen LogP contribution in [0.5, 0.6) is 0 Å². The molecule has 0 spiro atoms. The van der Waals surface area contributed by atoms with Gasteiger partial charge in [0, 0.05) is 6.20 Å². The van der Waals surface area contributed by atoms with E-state index in [-0.39, 0.29) is 18.7 Å². The van der Waals surface area contributed by atoms with Gasteiger partial charge in [0.15, 0.2) is 25.5 Å². The summed E-state index contributed by atoms with van der Waals surface area (Å²) in [5.41, 5.74) is -7.98. The summed E-state index contributed by atoms with van der Waals surface area (Å²) >= 11 is 0. The third-order valence-electron chi connectivity index (χ3n) is 4.23. The summed E-state index contributed by atoms with van der Waals surface area (Å²) in [5.74, 6) is -11.0. The zero-order chi connectivity index (χ0) is 23.1. The van der Waals surface area contributed by atoms with Crippen LogP contribution in [0.3, 0.4) is 0 Å². The number of anilines is 1. The number of hydrogen-bond acceptors (Lipinski definition) is 15. The van der Waals surface area contributed by atoms with E-state index in [0.29, 0.717) is 0 Å². The van der Waals surface area contributed by atoms with Crippen LogP contribution in [0.25, 0.3) is 0 Å². The molecule has 3 atom stereocenters.